The van der Waals surface area contributed by atoms with Gasteiger partial charge in [-0.2, -0.15) is 0 Å². The van der Waals surface area contributed by atoms with Crippen molar-refractivity contribution in [1.82, 2.24) is 4.98 Å². The molecule has 2 rings (SSSR count). The van der Waals surface area contributed by atoms with Crippen LogP contribution in [0.15, 0.2) is 16.9 Å². The van der Waals surface area contributed by atoms with E-state index in [0.29, 0.717) is 4.47 Å². The molecule has 92 valence electrons. The summed E-state index contributed by atoms with van der Waals surface area (Å²) >= 11 is 3.11. The molecule has 8 heteroatoms. The quantitative estimate of drug-likeness (QED) is 0.622. The van der Waals surface area contributed by atoms with Gasteiger partial charge in [-0.05, 0) is 15.9 Å². The van der Waals surface area contributed by atoms with Crippen molar-refractivity contribution in [2.24, 2.45) is 0 Å². The van der Waals surface area contributed by atoms with Gasteiger partial charge in [0.05, 0.1) is 15.9 Å². The molecule has 0 unspecified atom stereocenters. The Morgan fingerprint density at radius 3 is 2.76 bits per heavy atom. The number of hydrogen-bond acceptors (Lipinski definition) is 4. The van der Waals surface area contributed by atoms with Crippen LogP contribution < -0.4 is 4.90 Å². The van der Waals surface area contributed by atoms with E-state index < -0.39 is 17.4 Å². The Hall–Kier alpha value is -1.31. The van der Waals surface area contributed by atoms with Gasteiger partial charge in [0.1, 0.15) is 11.9 Å². The molecule has 0 N–H and O–H groups in total. The number of anilines is 1. The van der Waals surface area contributed by atoms with E-state index in [0.717, 1.165) is 6.20 Å². The Balaban J connectivity index is 2.42. The third-order valence-electron chi connectivity index (χ3n) is 2.54. The van der Waals surface area contributed by atoms with Crippen molar-refractivity contribution in [1.29, 1.82) is 0 Å². The largest absolute Gasteiger partial charge is 0.359 e. The Labute approximate surface area is 104 Å². The van der Waals surface area contributed by atoms with Crippen molar-refractivity contribution in [3.8, 4) is 0 Å². The number of nitro groups is 1. The Morgan fingerprint density at radius 1 is 1.53 bits per heavy atom. The molecule has 0 aliphatic carbocycles. The predicted molar refractivity (Wildman–Crippen MR) is 60.4 cm³/mol. The SMILES string of the molecule is O=[N+]([O-])c1cncc(Br)c1N1CCC(F)(F)C1. The van der Waals surface area contributed by atoms with Crippen LogP contribution in [0.4, 0.5) is 20.2 Å². The molecule has 0 radical (unpaired) electrons. The van der Waals surface area contributed by atoms with Gasteiger partial charge < -0.3 is 4.90 Å². The highest BCUT2D eigenvalue weighted by atomic mass is 79.9. The maximum absolute atomic E-state index is 13.1. The molecule has 0 spiro atoms. The highest BCUT2D eigenvalue weighted by Crippen LogP contribution is 2.39. The Kier molecular flexibility index (Phi) is 2.98. The van der Waals surface area contributed by atoms with Crippen LogP contribution in [0.2, 0.25) is 0 Å². The van der Waals surface area contributed by atoms with E-state index >= 15 is 0 Å². The summed E-state index contributed by atoms with van der Waals surface area (Å²) in [7, 11) is 0. The van der Waals surface area contributed by atoms with E-state index in [-0.39, 0.29) is 24.3 Å². The van der Waals surface area contributed by atoms with E-state index in [1.807, 2.05) is 0 Å². The smallest absolute Gasteiger partial charge is 0.311 e. The molecule has 1 saturated heterocycles. The molecule has 1 aliphatic rings. The van der Waals surface area contributed by atoms with Gasteiger partial charge in [-0.25, -0.2) is 8.78 Å². The Morgan fingerprint density at radius 2 is 2.24 bits per heavy atom. The summed E-state index contributed by atoms with van der Waals surface area (Å²) in [5.41, 5.74) is -0.0979. The second-order valence-corrected chi connectivity index (χ2v) is 4.63. The fraction of sp³-hybridized carbons (Fsp3) is 0.444. The van der Waals surface area contributed by atoms with Crippen LogP contribution in [0.1, 0.15) is 6.42 Å². The number of pyridine rings is 1. The molecule has 0 bridgehead atoms. The lowest BCUT2D eigenvalue weighted by molar-refractivity contribution is -0.384. The average Bonchev–Trinajstić information content (AvgIpc) is 2.58. The van der Waals surface area contributed by atoms with Crippen molar-refractivity contribution in [2.45, 2.75) is 12.3 Å². The van der Waals surface area contributed by atoms with Crippen LogP contribution >= 0.6 is 15.9 Å². The van der Waals surface area contributed by atoms with Gasteiger partial charge in [-0.3, -0.25) is 15.1 Å². The molecule has 2 heterocycles. The first-order valence-corrected chi connectivity index (χ1v) is 5.61. The summed E-state index contributed by atoms with van der Waals surface area (Å²) in [6.07, 6.45) is 2.13. The molecule has 5 nitrogen and oxygen atoms in total. The van der Waals surface area contributed by atoms with Gasteiger partial charge in [-0.15, -0.1) is 0 Å². The van der Waals surface area contributed by atoms with Gasteiger partial charge in [0.15, 0.2) is 0 Å². The maximum atomic E-state index is 13.1. The second-order valence-electron chi connectivity index (χ2n) is 3.77. The minimum absolute atomic E-state index is 0.0937. The number of rotatable bonds is 2. The zero-order valence-corrected chi connectivity index (χ0v) is 10.2. The lowest BCUT2D eigenvalue weighted by Crippen LogP contribution is -2.25. The van der Waals surface area contributed by atoms with Crippen LogP contribution in [0, 0.1) is 10.1 Å². The molecule has 0 amide bonds. The van der Waals surface area contributed by atoms with Crippen LogP contribution in [0.3, 0.4) is 0 Å². The summed E-state index contributed by atoms with van der Waals surface area (Å²) in [4.78, 5) is 15.2. The van der Waals surface area contributed by atoms with Crippen LogP contribution in [0.25, 0.3) is 0 Å². The standard InChI is InChI=1S/C9H8BrF2N3O2/c10-6-3-13-4-7(15(16)17)8(6)14-2-1-9(11,12)5-14/h3-4H,1-2,5H2. The first-order chi connectivity index (χ1) is 7.91. The highest BCUT2D eigenvalue weighted by Gasteiger charge is 2.40. The summed E-state index contributed by atoms with van der Waals surface area (Å²) in [5.74, 6) is -2.80. The van der Waals surface area contributed by atoms with Crippen molar-refractivity contribution in [3.63, 3.8) is 0 Å². The van der Waals surface area contributed by atoms with Crippen molar-refractivity contribution >= 4 is 27.3 Å². The fourth-order valence-corrected chi connectivity index (χ4v) is 2.36. The minimum Gasteiger partial charge on any atom is -0.359 e. The molecular formula is C9H8BrF2N3O2. The topological polar surface area (TPSA) is 59.3 Å². The van der Waals surface area contributed by atoms with Crippen molar-refractivity contribution in [3.05, 3.63) is 27.0 Å². The van der Waals surface area contributed by atoms with Crippen molar-refractivity contribution in [2.75, 3.05) is 18.0 Å². The van der Waals surface area contributed by atoms with Gasteiger partial charge >= 0.3 is 5.69 Å². The molecule has 1 aromatic heterocycles. The number of hydrogen-bond donors (Lipinski definition) is 0. The summed E-state index contributed by atoms with van der Waals surface area (Å²) < 4.78 is 26.6. The molecule has 0 atom stereocenters. The lowest BCUT2D eigenvalue weighted by Gasteiger charge is -2.18. The second kappa shape index (κ2) is 4.17. The van der Waals surface area contributed by atoms with Gasteiger partial charge in [0, 0.05) is 19.2 Å². The third kappa shape index (κ3) is 2.36. The van der Waals surface area contributed by atoms with E-state index in [1.54, 1.807) is 0 Å². The fourth-order valence-electron chi connectivity index (χ4n) is 1.79. The monoisotopic (exact) mass is 307 g/mol. The third-order valence-corrected chi connectivity index (χ3v) is 3.12. The minimum atomic E-state index is -2.80. The number of halogens is 3. The Bertz CT molecular complexity index is 470. The highest BCUT2D eigenvalue weighted by molar-refractivity contribution is 9.10. The summed E-state index contributed by atoms with van der Waals surface area (Å²) in [6.45, 7) is -0.410. The predicted octanol–water partition coefficient (Wildman–Crippen LogP) is 2.60. The number of aromatic nitrogens is 1. The molecule has 1 aromatic rings. The number of nitrogens with zero attached hydrogens (tertiary/aromatic N) is 3. The van der Waals surface area contributed by atoms with Crippen LogP contribution in [-0.2, 0) is 0 Å². The van der Waals surface area contributed by atoms with E-state index in [1.165, 1.54) is 11.1 Å². The van der Waals surface area contributed by atoms with E-state index in [9.17, 15) is 18.9 Å². The van der Waals surface area contributed by atoms with Gasteiger partial charge in [0.25, 0.3) is 5.92 Å². The van der Waals surface area contributed by atoms with Gasteiger partial charge in [0.2, 0.25) is 0 Å². The van der Waals surface area contributed by atoms with Gasteiger partial charge in [-0.1, -0.05) is 0 Å². The molecule has 0 aromatic carbocycles. The normalized spacial score (nSPS) is 18.4. The molecule has 1 fully saturated rings. The average molecular weight is 308 g/mol. The van der Waals surface area contributed by atoms with Crippen molar-refractivity contribution < 1.29 is 13.7 Å². The van der Waals surface area contributed by atoms with Crippen LogP contribution in [-0.4, -0.2) is 28.9 Å². The molecule has 1 aliphatic heterocycles. The summed E-state index contributed by atoms with van der Waals surface area (Å²) in [6, 6.07) is 0. The molecule has 17 heavy (non-hydrogen) atoms. The first kappa shape index (κ1) is 12.2. The van der Waals surface area contributed by atoms with E-state index in [2.05, 4.69) is 20.9 Å². The molecule has 0 saturated carbocycles. The lowest BCUT2D eigenvalue weighted by atomic mass is 10.3. The zero-order valence-electron chi connectivity index (χ0n) is 8.57. The number of alkyl halides is 2. The first-order valence-electron chi connectivity index (χ1n) is 4.81. The summed E-state index contributed by atoms with van der Waals surface area (Å²) in [5, 5.41) is 10.8. The van der Waals surface area contributed by atoms with Crippen LogP contribution in [0.5, 0.6) is 0 Å². The van der Waals surface area contributed by atoms with E-state index in [4.69, 9.17) is 0 Å². The maximum Gasteiger partial charge on any atom is 0.311 e. The zero-order chi connectivity index (χ0) is 12.6. The molecular weight excluding hydrogens is 300 g/mol.